The molecule has 1 N–H and O–H groups in total. The molecule has 0 amide bonds. The molecular weight excluding hydrogens is 356 g/mol. The number of aryl methyl sites for hydroxylation is 2. The van der Waals surface area contributed by atoms with Crippen molar-refractivity contribution in [3.63, 3.8) is 0 Å². The molecule has 1 saturated carbocycles. The molecule has 0 atom stereocenters. The van der Waals surface area contributed by atoms with E-state index in [2.05, 4.69) is 11.4 Å². The van der Waals surface area contributed by atoms with Gasteiger partial charge in [-0.1, -0.05) is 19.3 Å². The minimum atomic E-state index is 0.456. The van der Waals surface area contributed by atoms with Gasteiger partial charge in [0, 0.05) is 23.1 Å². The summed E-state index contributed by atoms with van der Waals surface area (Å²) in [5, 5.41) is 12.7. The summed E-state index contributed by atoms with van der Waals surface area (Å²) in [7, 11) is 0. The molecule has 0 saturated heterocycles. The molecule has 140 valence electrons. The van der Waals surface area contributed by atoms with Crippen molar-refractivity contribution in [2.45, 2.75) is 63.5 Å². The fourth-order valence-corrected chi connectivity index (χ4v) is 4.90. The van der Waals surface area contributed by atoms with Gasteiger partial charge in [0.15, 0.2) is 0 Å². The van der Waals surface area contributed by atoms with E-state index in [0.29, 0.717) is 23.4 Å². The molecule has 2 aromatic rings. The lowest BCUT2D eigenvalue weighted by Crippen LogP contribution is -2.24. The third kappa shape index (κ3) is 3.89. The maximum Gasteiger partial charge on any atom is 0.228 e. The zero-order chi connectivity index (χ0) is 18.8. The van der Waals surface area contributed by atoms with Gasteiger partial charge in [0.2, 0.25) is 11.8 Å². The Balaban J connectivity index is 1.65. The molecule has 6 heteroatoms. The van der Waals surface area contributed by atoms with Crippen LogP contribution in [0.5, 0.6) is 11.6 Å². The first-order valence-electron chi connectivity index (χ1n) is 9.57. The van der Waals surface area contributed by atoms with Gasteiger partial charge in [-0.25, -0.2) is 4.98 Å². The molecule has 2 heterocycles. The van der Waals surface area contributed by atoms with Crippen LogP contribution in [0.3, 0.4) is 0 Å². The number of anilines is 1. The number of benzene rings is 1. The van der Waals surface area contributed by atoms with Crippen LogP contribution in [-0.4, -0.2) is 16.0 Å². The minimum Gasteiger partial charge on any atom is -0.438 e. The largest absolute Gasteiger partial charge is 0.438 e. The van der Waals surface area contributed by atoms with Crippen molar-refractivity contribution in [2.75, 3.05) is 5.32 Å². The second-order valence-electron chi connectivity index (χ2n) is 7.40. The van der Waals surface area contributed by atoms with E-state index in [1.165, 1.54) is 32.1 Å². The number of nitrogens with one attached hydrogen (secondary N) is 1. The van der Waals surface area contributed by atoms with Crippen molar-refractivity contribution in [3.8, 4) is 17.7 Å². The van der Waals surface area contributed by atoms with Gasteiger partial charge in [0.05, 0.1) is 17.3 Å². The highest BCUT2D eigenvalue weighted by molar-refractivity contribution is 7.98. The Morgan fingerprint density at radius 2 is 1.85 bits per heavy atom. The van der Waals surface area contributed by atoms with Gasteiger partial charge in [0.25, 0.3) is 0 Å². The lowest BCUT2D eigenvalue weighted by molar-refractivity contribution is 0.444. The van der Waals surface area contributed by atoms with Gasteiger partial charge >= 0.3 is 0 Å². The Hall–Kier alpha value is -2.26. The Morgan fingerprint density at radius 3 is 2.56 bits per heavy atom. The summed E-state index contributed by atoms with van der Waals surface area (Å²) >= 11 is 1.84. The average Bonchev–Trinajstić information content (AvgIpc) is 3.14. The highest BCUT2D eigenvalue weighted by Crippen LogP contribution is 2.38. The van der Waals surface area contributed by atoms with Crippen molar-refractivity contribution < 1.29 is 4.74 Å². The summed E-state index contributed by atoms with van der Waals surface area (Å²) in [6.07, 6.45) is 6.22. The first-order valence-corrected chi connectivity index (χ1v) is 10.7. The predicted molar refractivity (Wildman–Crippen MR) is 108 cm³/mol. The summed E-state index contributed by atoms with van der Waals surface area (Å²) in [6, 6.07) is 6.38. The number of nitrogens with zero attached hydrogens (tertiary/aromatic N) is 3. The summed E-state index contributed by atoms with van der Waals surface area (Å²) < 4.78 is 6.30. The molecule has 5 nitrogen and oxygen atoms in total. The lowest BCUT2D eigenvalue weighted by atomic mass is 9.96. The molecule has 1 aromatic carbocycles. The van der Waals surface area contributed by atoms with Gasteiger partial charge in [-0.15, -0.1) is 0 Å². The van der Waals surface area contributed by atoms with Crippen molar-refractivity contribution in [3.05, 3.63) is 40.1 Å². The van der Waals surface area contributed by atoms with Crippen LogP contribution < -0.4 is 10.1 Å². The molecule has 0 radical (unpaired) electrons. The number of ether oxygens (including phenoxy) is 1. The fourth-order valence-electron chi connectivity index (χ4n) is 3.87. The highest BCUT2D eigenvalue weighted by Gasteiger charge is 2.24. The van der Waals surface area contributed by atoms with Crippen LogP contribution in [0.2, 0.25) is 0 Å². The van der Waals surface area contributed by atoms with Crippen LogP contribution in [0, 0.1) is 25.2 Å². The number of hydrogen-bond acceptors (Lipinski definition) is 6. The van der Waals surface area contributed by atoms with Crippen LogP contribution in [0.1, 0.15) is 60.1 Å². The molecule has 4 rings (SSSR count). The number of fused-ring (bicyclic) bond motifs is 1. The number of rotatable bonds is 4. The second kappa shape index (κ2) is 7.77. The molecule has 1 fully saturated rings. The van der Waals surface area contributed by atoms with E-state index in [1.807, 2.05) is 37.7 Å². The number of thioether (sulfide) groups is 1. The maximum absolute atomic E-state index is 9.16. The third-order valence-corrected chi connectivity index (χ3v) is 6.24. The van der Waals surface area contributed by atoms with E-state index in [1.54, 1.807) is 0 Å². The van der Waals surface area contributed by atoms with E-state index in [-0.39, 0.29) is 0 Å². The maximum atomic E-state index is 9.16. The van der Waals surface area contributed by atoms with E-state index in [4.69, 9.17) is 20.0 Å². The van der Waals surface area contributed by atoms with Crippen molar-refractivity contribution >= 4 is 17.7 Å². The van der Waals surface area contributed by atoms with Gasteiger partial charge in [0.1, 0.15) is 5.75 Å². The zero-order valence-electron chi connectivity index (χ0n) is 15.8. The van der Waals surface area contributed by atoms with Crippen LogP contribution in [-0.2, 0) is 11.5 Å². The SMILES string of the molecule is Cc1cc(C#N)cc(C)c1Oc1nc(NC2CCCCC2)nc2c1CSC2. The monoisotopic (exact) mass is 380 g/mol. The summed E-state index contributed by atoms with van der Waals surface area (Å²) in [4.78, 5) is 9.49. The van der Waals surface area contributed by atoms with Gasteiger partial charge in [-0.05, 0) is 49.9 Å². The average molecular weight is 381 g/mol. The van der Waals surface area contributed by atoms with Crippen molar-refractivity contribution in [1.82, 2.24) is 9.97 Å². The zero-order valence-corrected chi connectivity index (χ0v) is 16.7. The van der Waals surface area contributed by atoms with E-state index < -0.39 is 0 Å². The summed E-state index contributed by atoms with van der Waals surface area (Å²) in [6.45, 7) is 3.95. The molecular formula is C21H24N4OS. The highest BCUT2D eigenvalue weighted by atomic mass is 32.2. The first-order chi connectivity index (χ1) is 13.1. The molecule has 27 heavy (non-hydrogen) atoms. The van der Waals surface area contributed by atoms with Gasteiger partial charge in [-0.3, -0.25) is 0 Å². The first kappa shape index (κ1) is 18.1. The molecule has 2 aliphatic rings. The Kier molecular flexibility index (Phi) is 5.22. The van der Waals surface area contributed by atoms with Crippen molar-refractivity contribution in [1.29, 1.82) is 5.26 Å². The topological polar surface area (TPSA) is 70.8 Å². The predicted octanol–water partition coefficient (Wildman–Crippen LogP) is 5.25. The molecule has 1 aliphatic heterocycles. The van der Waals surface area contributed by atoms with Crippen LogP contribution in [0.15, 0.2) is 12.1 Å². The van der Waals surface area contributed by atoms with Crippen LogP contribution in [0.25, 0.3) is 0 Å². The molecule has 1 aromatic heterocycles. The Labute approximate surface area is 164 Å². The standard InChI is InChI=1S/C21H24N4OS/c1-13-8-15(10-22)9-14(2)19(13)26-20-17-11-27-12-18(17)24-21(25-20)23-16-6-4-3-5-7-16/h8-9,16H,3-7,11-12H2,1-2H3,(H,23,24,25). The fraction of sp³-hybridized carbons (Fsp3) is 0.476. The van der Waals surface area contributed by atoms with E-state index in [9.17, 15) is 0 Å². The number of hydrogen-bond donors (Lipinski definition) is 1. The molecule has 1 aliphatic carbocycles. The molecule has 0 unspecified atom stereocenters. The van der Waals surface area contributed by atoms with Crippen molar-refractivity contribution in [2.24, 2.45) is 0 Å². The molecule has 0 bridgehead atoms. The molecule has 0 spiro atoms. The summed E-state index contributed by atoms with van der Waals surface area (Å²) in [5.41, 5.74) is 4.72. The van der Waals surface area contributed by atoms with E-state index >= 15 is 0 Å². The quantitative estimate of drug-likeness (QED) is 0.781. The van der Waals surface area contributed by atoms with Gasteiger partial charge < -0.3 is 10.1 Å². The second-order valence-corrected chi connectivity index (χ2v) is 8.39. The normalized spacial score (nSPS) is 16.6. The lowest BCUT2D eigenvalue weighted by Gasteiger charge is -2.23. The number of aromatic nitrogens is 2. The van der Waals surface area contributed by atoms with E-state index in [0.717, 1.165) is 39.6 Å². The Bertz CT molecular complexity index is 877. The van der Waals surface area contributed by atoms with Crippen LogP contribution in [0.4, 0.5) is 5.95 Å². The minimum absolute atomic E-state index is 0.456. The number of nitriles is 1. The smallest absolute Gasteiger partial charge is 0.228 e. The third-order valence-electron chi connectivity index (χ3n) is 5.27. The van der Waals surface area contributed by atoms with Crippen LogP contribution >= 0.6 is 11.8 Å². The Morgan fingerprint density at radius 1 is 1.11 bits per heavy atom. The summed E-state index contributed by atoms with van der Waals surface area (Å²) in [5.74, 6) is 3.90. The van der Waals surface area contributed by atoms with Gasteiger partial charge in [-0.2, -0.15) is 22.0 Å².